The van der Waals surface area contributed by atoms with E-state index >= 15 is 0 Å². The number of anilines is 2. The van der Waals surface area contributed by atoms with Crippen molar-refractivity contribution in [1.29, 1.82) is 0 Å². The molecule has 174 valence electrons. The Kier molecular flexibility index (Phi) is 7.48. The molecule has 1 heterocycles. The zero-order valence-corrected chi connectivity index (χ0v) is 20.5. The molecular weight excluding hydrogens is 436 g/mol. The monoisotopic (exact) mass is 466 g/mol. The van der Waals surface area contributed by atoms with Crippen molar-refractivity contribution in [2.75, 3.05) is 16.4 Å². The van der Waals surface area contributed by atoms with Gasteiger partial charge in [0.15, 0.2) is 0 Å². The van der Waals surface area contributed by atoms with E-state index in [-0.39, 0.29) is 34.2 Å². The maximum atomic E-state index is 12.9. The van der Waals surface area contributed by atoms with Crippen LogP contribution in [-0.4, -0.2) is 26.9 Å². The second-order valence-electron chi connectivity index (χ2n) is 9.09. The van der Waals surface area contributed by atoms with Crippen LogP contribution in [0.4, 0.5) is 11.4 Å². The molecule has 2 amide bonds. The summed E-state index contributed by atoms with van der Waals surface area (Å²) in [5.74, 6) is -0.178. The predicted octanol–water partition coefficient (Wildman–Crippen LogP) is 4.59. The molecule has 0 atom stereocenters. The summed E-state index contributed by atoms with van der Waals surface area (Å²) in [6.45, 7) is 7.84. The van der Waals surface area contributed by atoms with Gasteiger partial charge in [-0.2, -0.15) is 0 Å². The van der Waals surface area contributed by atoms with Crippen LogP contribution < -0.4 is 16.2 Å². The van der Waals surface area contributed by atoms with Gasteiger partial charge in [0.25, 0.3) is 5.56 Å². The Bertz CT molecular complexity index is 1210. The van der Waals surface area contributed by atoms with E-state index in [1.165, 1.54) is 16.4 Å². The van der Waals surface area contributed by atoms with Gasteiger partial charge in [0, 0.05) is 24.1 Å². The number of thioether (sulfide) groups is 1. The van der Waals surface area contributed by atoms with Crippen LogP contribution in [0.15, 0.2) is 64.3 Å². The van der Waals surface area contributed by atoms with Gasteiger partial charge < -0.3 is 10.6 Å². The zero-order chi connectivity index (χ0) is 24.2. The van der Waals surface area contributed by atoms with Gasteiger partial charge in [-0.25, -0.2) is 4.68 Å². The normalized spacial score (nSPS) is 11.3. The topological polar surface area (TPSA) is 85.1 Å². The third-order valence-corrected chi connectivity index (χ3v) is 5.99. The first-order valence-corrected chi connectivity index (χ1v) is 11.7. The molecule has 0 saturated heterocycles. The third kappa shape index (κ3) is 6.38. The van der Waals surface area contributed by atoms with Crippen molar-refractivity contribution < 1.29 is 9.59 Å². The molecule has 0 spiro atoms. The van der Waals surface area contributed by atoms with E-state index in [9.17, 15) is 14.4 Å². The molecule has 0 saturated carbocycles. The second-order valence-corrected chi connectivity index (χ2v) is 10.1. The summed E-state index contributed by atoms with van der Waals surface area (Å²) in [6, 6.07) is 16.7. The van der Waals surface area contributed by atoms with Gasteiger partial charge in [0.1, 0.15) is 5.69 Å². The molecule has 3 aromatic rings. The van der Waals surface area contributed by atoms with E-state index < -0.39 is 0 Å². The number of carbonyl (C=O) groups is 2. The molecule has 3 rings (SSSR count). The lowest BCUT2D eigenvalue weighted by Gasteiger charge is -2.17. The number of amides is 2. The SMILES string of the molecule is Cc1c(NC(=O)CSc2cccc(NC(=O)CC(C)(C)C)c2)c(=O)n(-c2ccccc2)n1C. The molecular formula is C25H30N4O3S. The summed E-state index contributed by atoms with van der Waals surface area (Å²) in [5, 5.41) is 5.67. The van der Waals surface area contributed by atoms with E-state index in [0.29, 0.717) is 17.8 Å². The second kappa shape index (κ2) is 10.1. The molecule has 0 aliphatic carbocycles. The Labute approximate surface area is 198 Å². The summed E-state index contributed by atoms with van der Waals surface area (Å²) < 4.78 is 3.26. The van der Waals surface area contributed by atoms with Crippen molar-refractivity contribution in [2.45, 2.75) is 39.0 Å². The largest absolute Gasteiger partial charge is 0.326 e. The van der Waals surface area contributed by atoms with E-state index in [2.05, 4.69) is 10.6 Å². The number of hydrogen-bond donors (Lipinski definition) is 2. The van der Waals surface area contributed by atoms with Crippen LogP contribution in [0, 0.1) is 12.3 Å². The Balaban J connectivity index is 1.65. The maximum Gasteiger partial charge on any atom is 0.295 e. The van der Waals surface area contributed by atoms with Crippen molar-refractivity contribution in [2.24, 2.45) is 12.5 Å². The summed E-state index contributed by atoms with van der Waals surface area (Å²) >= 11 is 1.34. The molecule has 0 radical (unpaired) electrons. The lowest BCUT2D eigenvalue weighted by Crippen LogP contribution is -2.23. The van der Waals surface area contributed by atoms with Gasteiger partial charge in [-0.05, 0) is 42.7 Å². The molecule has 7 nitrogen and oxygen atoms in total. The summed E-state index contributed by atoms with van der Waals surface area (Å²) in [7, 11) is 1.79. The minimum absolute atomic E-state index is 0.0448. The van der Waals surface area contributed by atoms with Crippen LogP contribution in [0.25, 0.3) is 5.69 Å². The van der Waals surface area contributed by atoms with Crippen LogP contribution in [-0.2, 0) is 16.6 Å². The molecule has 0 fully saturated rings. The molecule has 8 heteroatoms. The Morgan fingerprint density at radius 2 is 1.67 bits per heavy atom. The van der Waals surface area contributed by atoms with Crippen LogP contribution in [0.3, 0.4) is 0 Å². The fraction of sp³-hybridized carbons (Fsp3) is 0.320. The Morgan fingerprint density at radius 1 is 0.970 bits per heavy atom. The molecule has 2 N–H and O–H groups in total. The van der Waals surface area contributed by atoms with Gasteiger partial charge in [0.05, 0.1) is 17.1 Å². The number of nitrogens with zero attached hydrogens (tertiary/aromatic N) is 2. The van der Waals surface area contributed by atoms with Crippen molar-refractivity contribution in [3.05, 3.63) is 70.6 Å². The molecule has 33 heavy (non-hydrogen) atoms. The first-order valence-electron chi connectivity index (χ1n) is 10.7. The third-order valence-electron chi connectivity index (χ3n) is 5.00. The zero-order valence-electron chi connectivity index (χ0n) is 19.6. The highest BCUT2D eigenvalue weighted by Gasteiger charge is 2.18. The standard InChI is InChI=1S/C25H30N4O3S/c1-17-23(24(32)29(28(17)5)19-11-7-6-8-12-19)27-22(31)16-33-20-13-9-10-18(14-20)26-21(30)15-25(2,3)4/h6-14H,15-16H2,1-5H3,(H,26,30)(H,27,31). The van der Waals surface area contributed by atoms with Crippen LogP contribution in [0.2, 0.25) is 0 Å². The quantitative estimate of drug-likeness (QED) is 0.499. The number of nitrogens with one attached hydrogen (secondary N) is 2. The van der Waals surface area contributed by atoms with Gasteiger partial charge >= 0.3 is 0 Å². The number of hydrogen-bond acceptors (Lipinski definition) is 4. The van der Waals surface area contributed by atoms with Crippen molar-refractivity contribution >= 4 is 35.0 Å². The fourth-order valence-corrected chi connectivity index (χ4v) is 4.14. The highest BCUT2D eigenvalue weighted by molar-refractivity contribution is 8.00. The van der Waals surface area contributed by atoms with E-state index in [0.717, 1.165) is 10.6 Å². The van der Waals surface area contributed by atoms with Crippen molar-refractivity contribution in [3.8, 4) is 5.69 Å². The summed E-state index contributed by atoms with van der Waals surface area (Å²) in [6.07, 6.45) is 0.420. The first kappa shape index (κ1) is 24.4. The molecule has 0 bridgehead atoms. The van der Waals surface area contributed by atoms with Gasteiger partial charge in [-0.3, -0.25) is 19.1 Å². The van der Waals surface area contributed by atoms with Crippen molar-refractivity contribution in [1.82, 2.24) is 9.36 Å². The van der Waals surface area contributed by atoms with Crippen LogP contribution in [0.5, 0.6) is 0 Å². The predicted molar refractivity (Wildman–Crippen MR) is 134 cm³/mol. The summed E-state index contributed by atoms with van der Waals surface area (Å²) in [4.78, 5) is 38.6. The lowest BCUT2D eigenvalue weighted by molar-refractivity contribution is -0.118. The van der Waals surface area contributed by atoms with Gasteiger partial charge in [-0.1, -0.05) is 45.0 Å². The first-order chi connectivity index (χ1) is 15.5. The average Bonchev–Trinajstić information content (AvgIpc) is 2.95. The number of aromatic nitrogens is 2. The number of carbonyl (C=O) groups excluding carboxylic acids is 2. The number of para-hydroxylation sites is 1. The highest BCUT2D eigenvalue weighted by atomic mass is 32.2. The van der Waals surface area contributed by atoms with Gasteiger partial charge in [-0.15, -0.1) is 11.8 Å². The lowest BCUT2D eigenvalue weighted by atomic mass is 9.92. The minimum Gasteiger partial charge on any atom is -0.326 e. The van der Waals surface area contributed by atoms with Crippen LogP contribution in [0.1, 0.15) is 32.9 Å². The Morgan fingerprint density at radius 3 is 2.33 bits per heavy atom. The molecule has 2 aromatic carbocycles. The van der Waals surface area contributed by atoms with E-state index in [4.69, 9.17) is 0 Å². The number of benzene rings is 2. The fourth-order valence-electron chi connectivity index (χ4n) is 3.39. The molecule has 0 unspecified atom stereocenters. The summed E-state index contributed by atoms with van der Waals surface area (Å²) in [5.41, 5.74) is 2.00. The number of rotatable bonds is 7. The smallest absolute Gasteiger partial charge is 0.295 e. The molecule has 1 aromatic heterocycles. The van der Waals surface area contributed by atoms with Crippen molar-refractivity contribution in [3.63, 3.8) is 0 Å². The minimum atomic E-state index is -0.275. The van der Waals surface area contributed by atoms with Crippen LogP contribution >= 0.6 is 11.8 Å². The molecule has 0 aliphatic heterocycles. The van der Waals surface area contributed by atoms with E-state index in [1.54, 1.807) is 18.7 Å². The average molecular weight is 467 g/mol. The van der Waals surface area contributed by atoms with Gasteiger partial charge in [0.2, 0.25) is 11.8 Å². The maximum absolute atomic E-state index is 12.9. The molecule has 0 aliphatic rings. The highest BCUT2D eigenvalue weighted by Crippen LogP contribution is 2.24. The van der Waals surface area contributed by atoms with E-state index in [1.807, 2.05) is 75.4 Å². The Hall–Kier alpha value is -3.26.